The van der Waals surface area contributed by atoms with Gasteiger partial charge in [0.05, 0.1) is 0 Å². The van der Waals surface area contributed by atoms with Crippen molar-refractivity contribution in [3.63, 3.8) is 0 Å². The number of benzene rings is 2. The number of nitrogens with zero attached hydrogens (tertiary/aromatic N) is 3. The summed E-state index contributed by atoms with van der Waals surface area (Å²) in [6.07, 6.45) is 4.13. The van der Waals surface area contributed by atoms with Crippen molar-refractivity contribution in [2.45, 2.75) is 34.6 Å². The number of hydrogen-bond donors (Lipinski definition) is 2. The summed E-state index contributed by atoms with van der Waals surface area (Å²) in [4.78, 5) is 13.2. The Hall–Kier alpha value is -3.21. The second-order valence-electron chi connectivity index (χ2n) is 5.72. The Bertz CT molecular complexity index is 888. The molecule has 27 heavy (non-hydrogen) atoms. The molecule has 0 spiro atoms. The number of nitrogens with one attached hydrogen (secondary N) is 2. The molecular weight excluding hydrogens is 334 g/mol. The van der Waals surface area contributed by atoms with Gasteiger partial charge in [0.1, 0.15) is 5.82 Å². The van der Waals surface area contributed by atoms with Gasteiger partial charge in [-0.15, -0.1) is 0 Å². The molecule has 0 unspecified atom stereocenters. The summed E-state index contributed by atoms with van der Waals surface area (Å²) in [7, 11) is 0. The topological polar surface area (TPSA) is 62.7 Å². The minimum absolute atomic E-state index is 0.517. The highest BCUT2D eigenvalue weighted by molar-refractivity contribution is 5.62. The number of para-hydroxylation sites is 1. The van der Waals surface area contributed by atoms with Crippen molar-refractivity contribution in [2.24, 2.45) is 0 Å². The van der Waals surface area contributed by atoms with Crippen LogP contribution < -0.4 is 10.6 Å². The van der Waals surface area contributed by atoms with Gasteiger partial charge in [-0.2, -0.15) is 15.0 Å². The molecule has 0 amide bonds. The third-order valence-corrected chi connectivity index (χ3v) is 3.65. The summed E-state index contributed by atoms with van der Waals surface area (Å²) in [6, 6.07) is 16.0. The van der Waals surface area contributed by atoms with Crippen LogP contribution in [0, 0.1) is 13.8 Å². The molecule has 2 aromatic carbocycles. The number of aryl methyl sites for hydroxylation is 2. The standard InChI is InChI=1S/C20H21N5.C2H6/c1-4-8-16-11-12-18(13-14(16)2)24-20-22-15(3)21-19(25-20)23-17-9-6-5-7-10-17;1-2/h4-13H,1-3H3,(H2,21,22,23,24,25);1-2H3/b8-4+;. The molecule has 0 aliphatic rings. The Morgan fingerprint density at radius 2 is 1.41 bits per heavy atom. The molecule has 0 atom stereocenters. The normalized spacial score (nSPS) is 10.3. The maximum absolute atomic E-state index is 4.45. The van der Waals surface area contributed by atoms with Crippen LogP contribution in [0.15, 0.2) is 54.6 Å². The molecule has 3 aromatic rings. The van der Waals surface area contributed by atoms with E-state index in [-0.39, 0.29) is 0 Å². The smallest absolute Gasteiger partial charge is 0.232 e. The van der Waals surface area contributed by atoms with Crippen LogP contribution in [0.5, 0.6) is 0 Å². The molecule has 140 valence electrons. The van der Waals surface area contributed by atoms with Crippen LogP contribution in [0.1, 0.15) is 37.7 Å². The largest absolute Gasteiger partial charge is 0.324 e. The van der Waals surface area contributed by atoms with E-state index >= 15 is 0 Å². The van der Waals surface area contributed by atoms with Crippen molar-refractivity contribution >= 4 is 29.3 Å². The Morgan fingerprint density at radius 1 is 0.778 bits per heavy atom. The maximum Gasteiger partial charge on any atom is 0.232 e. The van der Waals surface area contributed by atoms with Crippen LogP contribution in [-0.4, -0.2) is 15.0 Å². The Balaban J connectivity index is 0.00000126. The lowest BCUT2D eigenvalue weighted by Gasteiger charge is -2.10. The minimum Gasteiger partial charge on any atom is -0.324 e. The van der Waals surface area contributed by atoms with Crippen LogP contribution in [-0.2, 0) is 0 Å². The van der Waals surface area contributed by atoms with Gasteiger partial charge in [0.15, 0.2) is 0 Å². The van der Waals surface area contributed by atoms with Crippen molar-refractivity contribution in [3.8, 4) is 0 Å². The van der Waals surface area contributed by atoms with Crippen molar-refractivity contribution in [2.75, 3.05) is 10.6 Å². The van der Waals surface area contributed by atoms with E-state index in [4.69, 9.17) is 0 Å². The number of allylic oxidation sites excluding steroid dienone is 1. The first-order valence-electron chi connectivity index (χ1n) is 9.19. The number of anilines is 4. The second-order valence-corrected chi connectivity index (χ2v) is 5.72. The van der Waals surface area contributed by atoms with Gasteiger partial charge in [-0.25, -0.2) is 0 Å². The quantitative estimate of drug-likeness (QED) is 0.580. The van der Waals surface area contributed by atoms with E-state index in [1.807, 2.05) is 70.2 Å². The van der Waals surface area contributed by atoms with E-state index in [0.29, 0.717) is 17.7 Å². The molecule has 3 rings (SSSR count). The van der Waals surface area contributed by atoms with E-state index in [0.717, 1.165) is 11.4 Å². The molecule has 0 fully saturated rings. The van der Waals surface area contributed by atoms with E-state index < -0.39 is 0 Å². The Morgan fingerprint density at radius 3 is 2.00 bits per heavy atom. The van der Waals surface area contributed by atoms with Gasteiger partial charge < -0.3 is 10.6 Å². The summed E-state index contributed by atoms with van der Waals surface area (Å²) in [6.45, 7) is 9.95. The van der Waals surface area contributed by atoms with Crippen LogP contribution in [0.3, 0.4) is 0 Å². The molecule has 0 aliphatic carbocycles. The van der Waals surface area contributed by atoms with Crippen molar-refractivity contribution in [3.05, 3.63) is 71.6 Å². The van der Waals surface area contributed by atoms with Crippen molar-refractivity contribution in [1.29, 1.82) is 0 Å². The second kappa shape index (κ2) is 10.1. The molecule has 5 nitrogen and oxygen atoms in total. The number of rotatable bonds is 5. The first kappa shape index (κ1) is 20.1. The van der Waals surface area contributed by atoms with Gasteiger partial charge in [0, 0.05) is 11.4 Å². The first-order chi connectivity index (χ1) is 13.1. The number of hydrogen-bond acceptors (Lipinski definition) is 5. The van der Waals surface area contributed by atoms with E-state index in [9.17, 15) is 0 Å². The molecular formula is C22H27N5. The molecule has 0 saturated carbocycles. The fraction of sp³-hybridized carbons (Fsp3) is 0.227. The molecule has 1 aromatic heterocycles. The van der Waals surface area contributed by atoms with Crippen LogP contribution in [0.2, 0.25) is 0 Å². The Kier molecular flexibility index (Phi) is 7.49. The highest BCUT2D eigenvalue weighted by Crippen LogP contribution is 2.20. The van der Waals surface area contributed by atoms with Crippen LogP contribution >= 0.6 is 0 Å². The van der Waals surface area contributed by atoms with Gasteiger partial charge in [0.25, 0.3) is 0 Å². The molecule has 2 N–H and O–H groups in total. The van der Waals surface area contributed by atoms with Gasteiger partial charge >= 0.3 is 0 Å². The number of aromatic nitrogens is 3. The van der Waals surface area contributed by atoms with E-state index in [1.54, 1.807) is 0 Å². The van der Waals surface area contributed by atoms with Gasteiger partial charge in [-0.1, -0.05) is 50.3 Å². The summed E-state index contributed by atoms with van der Waals surface area (Å²) in [5.41, 5.74) is 4.27. The molecule has 0 saturated heterocycles. The fourth-order valence-electron chi connectivity index (χ4n) is 2.49. The molecule has 0 radical (unpaired) electrons. The lowest BCUT2D eigenvalue weighted by Crippen LogP contribution is -2.05. The first-order valence-corrected chi connectivity index (χ1v) is 9.19. The maximum atomic E-state index is 4.45. The predicted molar refractivity (Wildman–Crippen MR) is 115 cm³/mol. The van der Waals surface area contributed by atoms with E-state index in [2.05, 4.69) is 50.7 Å². The average Bonchev–Trinajstić information content (AvgIpc) is 2.66. The molecule has 1 heterocycles. The highest BCUT2D eigenvalue weighted by atomic mass is 15.2. The average molecular weight is 361 g/mol. The summed E-state index contributed by atoms with van der Waals surface area (Å²) < 4.78 is 0. The third-order valence-electron chi connectivity index (χ3n) is 3.65. The van der Waals surface area contributed by atoms with Gasteiger partial charge in [-0.05, 0) is 56.2 Å². The highest BCUT2D eigenvalue weighted by Gasteiger charge is 2.06. The zero-order valence-corrected chi connectivity index (χ0v) is 16.6. The lowest BCUT2D eigenvalue weighted by molar-refractivity contribution is 0.989. The zero-order chi connectivity index (χ0) is 19.6. The van der Waals surface area contributed by atoms with Crippen molar-refractivity contribution in [1.82, 2.24) is 15.0 Å². The van der Waals surface area contributed by atoms with Gasteiger partial charge in [-0.3, -0.25) is 0 Å². The SMILES string of the molecule is C/C=C/c1ccc(Nc2nc(C)nc(Nc3ccccc3)n2)cc1C.CC. The summed E-state index contributed by atoms with van der Waals surface area (Å²) in [5.74, 6) is 1.69. The summed E-state index contributed by atoms with van der Waals surface area (Å²) in [5, 5.41) is 6.45. The predicted octanol–water partition coefficient (Wildman–Crippen LogP) is 6.03. The molecule has 0 aliphatic heterocycles. The Labute approximate surface area is 161 Å². The zero-order valence-electron chi connectivity index (χ0n) is 16.6. The lowest BCUT2D eigenvalue weighted by atomic mass is 10.1. The van der Waals surface area contributed by atoms with E-state index in [1.165, 1.54) is 11.1 Å². The third kappa shape index (κ3) is 5.92. The minimum atomic E-state index is 0.517. The van der Waals surface area contributed by atoms with Gasteiger partial charge in [0.2, 0.25) is 11.9 Å². The summed E-state index contributed by atoms with van der Waals surface area (Å²) >= 11 is 0. The molecule has 0 bridgehead atoms. The monoisotopic (exact) mass is 361 g/mol. The van der Waals surface area contributed by atoms with Crippen molar-refractivity contribution < 1.29 is 0 Å². The van der Waals surface area contributed by atoms with Crippen LogP contribution in [0.25, 0.3) is 6.08 Å². The fourth-order valence-corrected chi connectivity index (χ4v) is 2.49. The molecule has 5 heteroatoms. The van der Waals surface area contributed by atoms with Crippen LogP contribution in [0.4, 0.5) is 23.3 Å².